The van der Waals surface area contributed by atoms with E-state index in [0.717, 1.165) is 42.0 Å². The number of hydrogen-bond donors (Lipinski definition) is 2. The fourth-order valence-corrected chi connectivity index (χ4v) is 3.13. The standard InChI is InChI=1S/C22H32N6O3/c1-15-26-27-20-19(23-10-6-7-11-24-21(29)22(2,3)4)25-17-14-16(31-13-12-30-5)8-9-18(17)28(15)20/h8-9,14H,6-7,10-13H2,1-5H3,(H,23,25)(H,24,29). The van der Waals surface area contributed by atoms with Crippen LogP contribution in [0.5, 0.6) is 5.75 Å². The van der Waals surface area contributed by atoms with Crippen LogP contribution in [-0.2, 0) is 9.53 Å². The number of anilines is 1. The van der Waals surface area contributed by atoms with Gasteiger partial charge in [0.25, 0.3) is 0 Å². The summed E-state index contributed by atoms with van der Waals surface area (Å²) in [6.45, 7) is 10.0. The molecule has 0 aliphatic carbocycles. The number of carbonyl (C=O) groups excluding carboxylic acids is 1. The van der Waals surface area contributed by atoms with Crippen molar-refractivity contribution < 1.29 is 14.3 Å². The first-order valence-electron chi connectivity index (χ1n) is 10.6. The fraction of sp³-hybridized carbons (Fsp3) is 0.545. The van der Waals surface area contributed by atoms with Crippen molar-refractivity contribution in [2.24, 2.45) is 5.41 Å². The average Bonchev–Trinajstić information content (AvgIpc) is 3.11. The van der Waals surface area contributed by atoms with Crippen LogP contribution in [0.2, 0.25) is 0 Å². The van der Waals surface area contributed by atoms with Crippen molar-refractivity contribution in [1.82, 2.24) is 24.9 Å². The summed E-state index contributed by atoms with van der Waals surface area (Å²) < 4.78 is 12.8. The lowest BCUT2D eigenvalue weighted by Gasteiger charge is -2.17. The number of nitrogens with zero attached hydrogens (tertiary/aromatic N) is 4. The molecule has 0 atom stereocenters. The van der Waals surface area contributed by atoms with Crippen LogP contribution in [0.1, 0.15) is 39.4 Å². The van der Waals surface area contributed by atoms with Gasteiger partial charge in [-0.15, -0.1) is 10.2 Å². The second-order valence-corrected chi connectivity index (χ2v) is 8.50. The highest BCUT2D eigenvalue weighted by Crippen LogP contribution is 2.25. The summed E-state index contributed by atoms with van der Waals surface area (Å²) >= 11 is 0. The molecule has 2 N–H and O–H groups in total. The van der Waals surface area contributed by atoms with E-state index in [1.807, 2.05) is 50.3 Å². The topological polar surface area (TPSA) is 103 Å². The second kappa shape index (κ2) is 9.91. The molecule has 1 aromatic carbocycles. The SMILES string of the molecule is COCCOc1ccc2c(c1)nc(NCCCCNC(=O)C(C)(C)C)c1nnc(C)n12. The van der Waals surface area contributed by atoms with E-state index in [0.29, 0.717) is 31.2 Å². The number of benzene rings is 1. The molecule has 2 aromatic heterocycles. The number of amides is 1. The Hall–Kier alpha value is -2.94. The molecule has 3 aromatic rings. The highest BCUT2D eigenvalue weighted by molar-refractivity contribution is 5.84. The molecule has 0 spiro atoms. The largest absolute Gasteiger partial charge is 0.491 e. The summed E-state index contributed by atoms with van der Waals surface area (Å²) in [6.07, 6.45) is 1.77. The molecule has 0 saturated heterocycles. The molecule has 9 heteroatoms. The Kier molecular flexibility index (Phi) is 7.27. The minimum absolute atomic E-state index is 0.0702. The molecule has 0 bridgehead atoms. The second-order valence-electron chi connectivity index (χ2n) is 8.50. The first-order valence-corrected chi connectivity index (χ1v) is 10.6. The third kappa shape index (κ3) is 5.61. The summed E-state index contributed by atoms with van der Waals surface area (Å²) in [5.41, 5.74) is 2.05. The third-order valence-corrected chi connectivity index (χ3v) is 4.88. The summed E-state index contributed by atoms with van der Waals surface area (Å²) in [4.78, 5) is 16.7. The van der Waals surface area contributed by atoms with E-state index < -0.39 is 0 Å². The quantitative estimate of drug-likeness (QED) is 0.479. The number of aromatic nitrogens is 4. The van der Waals surface area contributed by atoms with Crippen LogP contribution in [0.15, 0.2) is 18.2 Å². The zero-order valence-electron chi connectivity index (χ0n) is 19.0. The van der Waals surface area contributed by atoms with Crippen LogP contribution >= 0.6 is 0 Å². The first kappa shape index (κ1) is 22.7. The molecule has 168 valence electrons. The van der Waals surface area contributed by atoms with Crippen molar-refractivity contribution in [2.75, 3.05) is 38.7 Å². The van der Waals surface area contributed by atoms with E-state index in [4.69, 9.17) is 14.5 Å². The molecular weight excluding hydrogens is 396 g/mol. The molecule has 31 heavy (non-hydrogen) atoms. The predicted octanol–water partition coefficient (Wildman–Crippen LogP) is 2.97. The van der Waals surface area contributed by atoms with Gasteiger partial charge in [-0.3, -0.25) is 9.20 Å². The molecule has 0 saturated carbocycles. The van der Waals surface area contributed by atoms with Gasteiger partial charge >= 0.3 is 0 Å². The van der Waals surface area contributed by atoms with E-state index in [-0.39, 0.29) is 11.3 Å². The van der Waals surface area contributed by atoms with Crippen molar-refractivity contribution in [1.29, 1.82) is 0 Å². The van der Waals surface area contributed by atoms with Gasteiger partial charge in [-0.05, 0) is 31.9 Å². The molecule has 0 radical (unpaired) electrons. The van der Waals surface area contributed by atoms with E-state index >= 15 is 0 Å². The van der Waals surface area contributed by atoms with Crippen LogP contribution in [0.3, 0.4) is 0 Å². The van der Waals surface area contributed by atoms with Gasteiger partial charge in [0.15, 0.2) is 5.82 Å². The van der Waals surface area contributed by atoms with Gasteiger partial charge in [0.2, 0.25) is 11.6 Å². The maximum Gasteiger partial charge on any atom is 0.225 e. The van der Waals surface area contributed by atoms with Crippen LogP contribution < -0.4 is 15.4 Å². The van der Waals surface area contributed by atoms with Gasteiger partial charge in [0.05, 0.1) is 17.6 Å². The molecule has 1 amide bonds. The van der Waals surface area contributed by atoms with Crippen molar-refractivity contribution in [2.45, 2.75) is 40.5 Å². The highest BCUT2D eigenvalue weighted by atomic mass is 16.5. The Morgan fingerprint density at radius 1 is 1.13 bits per heavy atom. The minimum Gasteiger partial charge on any atom is -0.491 e. The zero-order valence-corrected chi connectivity index (χ0v) is 19.0. The van der Waals surface area contributed by atoms with E-state index in [9.17, 15) is 4.79 Å². The lowest BCUT2D eigenvalue weighted by molar-refractivity contribution is -0.128. The Labute approximate surface area is 182 Å². The molecule has 0 aliphatic rings. The molecule has 3 rings (SSSR count). The molecule has 0 unspecified atom stereocenters. The molecule has 2 heterocycles. The average molecular weight is 429 g/mol. The van der Waals surface area contributed by atoms with Crippen molar-refractivity contribution in [3.8, 4) is 5.75 Å². The highest BCUT2D eigenvalue weighted by Gasteiger charge is 2.20. The maximum atomic E-state index is 11.9. The summed E-state index contributed by atoms with van der Waals surface area (Å²) in [6, 6.07) is 5.80. The predicted molar refractivity (Wildman–Crippen MR) is 121 cm³/mol. The number of ether oxygens (including phenoxy) is 2. The first-order chi connectivity index (χ1) is 14.8. The van der Waals surface area contributed by atoms with Crippen molar-refractivity contribution in [3.63, 3.8) is 0 Å². The Balaban J connectivity index is 1.68. The van der Waals surface area contributed by atoms with Gasteiger partial charge in [-0.2, -0.15) is 0 Å². The number of rotatable bonds is 10. The lowest BCUT2D eigenvalue weighted by Crippen LogP contribution is -2.35. The van der Waals surface area contributed by atoms with E-state index in [2.05, 4.69) is 20.8 Å². The van der Waals surface area contributed by atoms with E-state index in [1.165, 1.54) is 0 Å². The zero-order chi connectivity index (χ0) is 22.4. The number of methoxy groups -OCH3 is 1. The number of fused-ring (bicyclic) bond motifs is 3. The maximum absolute atomic E-state index is 11.9. The summed E-state index contributed by atoms with van der Waals surface area (Å²) in [5, 5.41) is 14.9. The van der Waals surface area contributed by atoms with Gasteiger partial charge < -0.3 is 20.1 Å². The number of unbranched alkanes of at least 4 members (excludes halogenated alkanes) is 1. The van der Waals surface area contributed by atoms with Crippen LogP contribution in [0.4, 0.5) is 5.82 Å². The van der Waals surface area contributed by atoms with Gasteiger partial charge in [0, 0.05) is 31.7 Å². The molecular formula is C22H32N6O3. The number of nitrogens with one attached hydrogen (secondary N) is 2. The fourth-order valence-electron chi connectivity index (χ4n) is 3.13. The number of hydrogen-bond acceptors (Lipinski definition) is 7. The lowest BCUT2D eigenvalue weighted by atomic mass is 9.96. The Morgan fingerprint density at radius 3 is 2.65 bits per heavy atom. The molecule has 9 nitrogen and oxygen atoms in total. The Bertz CT molecular complexity index is 1040. The van der Waals surface area contributed by atoms with Crippen molar-refractivity contribution in [3.05, 3.63) is 24.0 Å². The third-order valence-electron chi connectivity index (χ3n) is 4.88. The molecule has 0 fully saturated rings. The number of aryl methyl sites for hydroxylation is 1. The van der Waals surface area contributed by atoms with Gasteiger partial charge in [0.1, 0.15) is 18.2 Å². The van der Waals surface area contributed by atoms with Crippen LogP contribution in [0, 0.1) is 12.3 Å². The monoisotopic (exact) mass is 428 g/mol. The van der Waals surface area contributed by atoms with E-state index in [1.54, 1.807) is 7.11 Å². The van der Waals surface area contributed by atoms with Gasteiger partial charge in [-0.25, -0.2) is 4.98 Å². The summed E-state index contributed by atoms with van der Waals surface area (Å²) in [5.74, 6) is 2.28. The number of carbonyl (C=O) groups is 1. The van der Waals surface area contributed by atoms with Crippen LogP contribution in [-0.4, -0.2) is 58.9 Å². The van der Waals surface area contributed by atoms with Crippen molar-refractivity contribution >= 4 is 28.4 Å². The molecule has 0 aliphatic heterocycles. The smallest absolute Gasteiger partial charge is 0.225 e. The minimum atomic E-state index is -0.365. The van der Waals surface area contributed by atoms with Crippen LogP contribution in [0.25, 0.3) is 16.7 Å². The van der Waals surface area contributed by atoms with Gasteiger partial charge in [-0.1, -0.05) is 20.8 Å². The Morgan fingerprint density at radius 2 is 1.90 bits per heavy atom. The normalized spacial score (nSPS) is 11.8. The summed E-state index contributed by atoms with van der Waals surface area (Å²) in [7, 11) is 1.65.